The van der Waals surface area contributed by atoms with Gasteiger partial charge in [0, 0.05) is 37.1 Å². The number of rotatable bonds is 4. The molecule has 0 spiro atoms. The van der Waals surface area contributed by atoms with E-state index in [4.69, 9.17) is 16.7 Å². The molecule has 11 heteroatoms. The molecule has 1 unspecified atom stereocenters. The number of fused-ring (bicyclic) bond motifs is 1. The molecule has 0 bridgehead atoms. The van der Waals surface area contributed by atoms with Crippen molar-refractivity contribution in [2.24, 2.45) is 0 Å². The number of phenolic OH excluding ortho intramolecular Hbond substituents is 1. The first-order valence-corrected chi connectivity index (χ1v) is 10.1. The topological polar surface area (TPSA) is 110 Å². The van der Waals surface area contributed by atoms with Gasteiger partial charge in [-0.15, -0.1) is 0 Å². The lowest BCUT2D eigenvalue weighted by molar-refractivity contribution is -0.142. The number of aromatic nitrogens is 2. The van der Waals surface area contributed by atoms with E-state index in [-0.39, 0.29) is 34.8 Å². The number of carbonyl (C=O) groups excluding carboxylic acids is 1. The van der Waals surface area contributed by atoms with Gasteiger partial charge >= 0.3 is 0 Å². The number of aliphatic hydroxyl groups excluding tert-OH is 2. The predicted molar refractivity (Wildman–Crippen MR) is 113 cm³/mol. The number of piperazine rings is 1. The van der Waals surface area contributed by atoms with Crippen molar-refractivity contribution in [3.63, 3.8) is 0 Å². The second kappa shape index (κ2) is 8.81. The number of hydrogen-bond donors (Lipinski definition) is 3. The summed E-state index contributed by atoms with van der Waals surface area (Å²) in [6, 6.07) is 5.04. The van der Waals surface area contributed by atoms with Gasteiger partial charge in [0.25, 0.3) is 5.91 Å². The molecule has 168 valence electrons. The molecule has 3 N–H and O–H groups in total. The molecular weight excluding hydrogens is 446 g/mol. The Labute approximate surface area is 186 Å². The molecule has 1 fully saturated rings. The van der Waals surface area contributed by atoms with E-state index >= 15 is 4.39 Å². The van der Waals surface area contributed by atoms with Gasteiger partial charge in [0.1, 0.15) is 29.2 Å². The molecule has 8 nitrogen and oxygen atoms in total. The minimum Gasteiger partial charge on any atom is -0.507 e. The molecule has 1 atom stereocenters. The van der Waals surface area contributed by atoms with Crippen molar-refractivity contribution in [3.8, 4) is 16.9 Å². The van der Waals surface area contributed by atoms with Crippen molar-refractivity contribution in [2.75, 3.05) is 37.7 Å². The summed E-state index contributed by atoms with van der Waals surface area (Å²) in [4.78, 5) is 23.5. The number of aliphatic hydroxyl groups is 2. The highest BCUT2D eigenvalue weighted by molar-refractivity contribution is 6.34. The van der Waals surface area contributed by atoms with Crippen molar-refractivity contribution in [2.45, 2.75) is 6.10 Å². The normalized spacial score (nSPS) is 15.3. The molecule has 0 radical (unpaired) electrons. The fourth-order valence-electron chi connectivity index (χ4n) is 3.79. The standard InChI is InChI=1S/C21H19ClF2N4O4/c22-12-8-11-19(18(24)16(12)17-13(23)2-1-3-14(17)30)25-10-26-20(11)27-4-6-28(7-5-27)21(32)15(31)9-29/h1-3,8,10,15,29-31H,4-7,9H2. The largest absolute Gasteiger partial charge is 0.507 e. The Balaban J connectivity index is 1.71. The van der Waals surface area contributed by atoms with E-state index in [9.17, 15) is 19.4 Å². The average molecular weight is 465 g/mol. The van der Waals surface area contributed by atoms with Gasteiger partial charge in [0.2, 0.25) is 0 Å². The van der Waals surface area contributed by atoms with Crippen LogP contribution in [0.3, 0.4) is 0 Å². The highest BCUT2D eigenvalue weighted by Gasteiger charge is 2.28. The van der Waals surface area contributed by atoms with Gasteiger partial charge in [-0.05, 0) is 18.2 Å². The molecule has 1 aliphatic rings. The SMILES string of the molecule is O=C(C(O)CO)N1CCN(c2ncnc3c(F)c(-c4c(O)cccc4F)c(Cl)cc23)CC1. The number of anilines is 1. The molecule has 2 heterocycles. The first-order valence-electron chi connectivity index (χ1n) is 9.76. The number of halogens is 3. The van der Waals surface area contributed by atoms with Crippen molar-refractivity contribution in [3.05, 3.63) is 47.2 Å². The van der Waals surface area contributed by atoms with Gasteiger partial charge in [-0.3, -0.25) is 4.79 Å². The molecule has 2 aromatic carbocycles. The molecule has 1 amide bonds. The predicted octanol–water partition coefficient (Wildman–Crippen LogP) is 1.94. The third kappa shape index (κ3) is 3.81. The second-order valence-electron chi connectivity index (χ2n) is 7.29. The van der Waals surface area contributed by atoms with Crippen LogP contribution in [0, 0.1) is 11.6 Å². The molecule has 0 saturated carbocycles. The lowest BCUT2D eigenvalue weighted by Crippen LogP contribution is -2.52. The van der Waals surface area contributed by atoms with Gasteiger partial charge < -0.3 is 25.1 Å². The van der Waals surface area contributed by atoms with Crippen LogP contribution in [-0.4, -0.2) is 75.0 Å². The van der Waals surface area contributed by atoms with Crippen LogP contribution < -0.4 is 4.90 Å². The third-order valence-electron chi connectivity index (χ3n) is 5.39. The van der Waals surface area contributed by atoms with Crippen molar-refractivity contribution < 1.29 is 28.9 Å². The summed E-state index contributed by atoms with van der Waals surface area (Å²) in [5, 5.41) is 28.8. The van der Waals surface area contributed by atoms with Gasteiger partial charge in [-0.1, -0.05) is 17.7 Å². The Morgan fingerprint density at radius 3 is 2.53 bits per heavy atom. The van der Waals surface area contributed by atoms with E-state index < -0.39 is 36.0 Å². The van der Waals surface area contributed by atoms with Crippen LogP contribution in [0.2, 0.25) is 5.02 Å². The number of aromatic hydroxyl groups is 1. The second-order valence-corrected chi connectivity index (χ2v) is 7.69. The zero-order valence-corrected chi connectivity index (χ0v) is 17.4. The summed E-state index contributed by atoms with van der Waals surface area (Å²) < 4.78 is 29.8. The molecule has 1 saturated heterocycles. The van der Waals surface area contributed by atoms with Crippen LogP contribution in [0.5, 0.6) is 5.75 Å². The van der Waals surface area contributed by atoms with Crippen molar-refractivity contribution in [1.29, 1.82) is 0 Å². The minimum atomic E-state index is -1.47. The summed E-state index contributed by atoms with van der Waals surface area (Å²) in [6.07, 6.45) is -0.297. The Kier molecular flexibility index (Phi) is 6.09. The monoisotopic (exact) mass is 464 g/mol. The quantitative estimate of drug-likeness (QED) is 0.541. The fraction of sp³-hybridized carbons (Fsp3) is 0.286. The van der Waals surface area contributed by atoms with Crippen LogP contribution in [0.1, 0.15) is 0 Å². The molecular formula is C21H19ClF2N4O4. The van der Waals surface area contributed by atoms with Crippen LogP contribution in [0.4, 0.5) is 14.6 Å². The summed E-state index contributed by atoms with van der Waals surface area (Å²) in [5.74, 6) is -2.36. The van der Waals surface area contributed by atoms with Gasteiger partial charge in [-0.25, -0.2) is 18.7 Å². The lowest BCUT2D eigenvalue weighted by atomic mass is 10.0. The van der Waals surface area contributed by atoms with Crippen LogP contribution >= 0.6 is 11.6 Å². The number of benzene rings is 2. The maximum Gasteiger partial charge on any atom is 0.253 e. The molecule has 32 heavy (non-hydrogen) atoms. The smallest absolute Gasteiger partial charge is 0.253 e. The zero-order chi connectivity index (χ0) is 23.0. The van der Waals surface area contributed by atoms with Crippen molar-refractivity contribution >= 4 is 34.2 Å². The number of carbonyl (C=O) groups is 1. The van der Waals surface area contributed by atoms with Crippen LogP contribution in [0.25, 0.3) is 22.0 Å². The molecule has 1 aliphatic heterocycles. The Hall–Kier alpha value is -3.08. The lowest BCUT2D eigenvalue weighted by Gasteiger charge is -2.36. The zero-order valence-electron chi connectivity index (χ0n) is 16.7. The number of hydrogen-bond acceptors (Lipinski definition) is 7. The first-order chi connectivity index (χ1) is 15.3. The van der Waals surface area contributed by atoms with Crippen molar-refractivity contribution in [1.82, 2.24) is 14.9 Å². The summed E-state index contributed by atoms with van der Waals surface area (Å²) in [6.45, 7) is 0.543. The van der Waals surface area contributed by atoms with E-state index in [0.717, 1.165) is 6.07 Å². The van der Waals surface area contributed by atoms with Gasteiger partial charge in [0.15, 0.2) is 11.9 Å². The summed E-state index contributed by atoms with van der Waals surface area (Å²) in [7, 11) is 0. The third-order valence-corrected chi connectivity index (χ3v) is 5.69. The van der Waals surface area contributed by atoms with E-state index in [1.807, 2.05) is 4.90 Å². The molecule has 1 aromatic heterocycles. The maximum atomic E-state index is 15.4. The Morgan fingerprint density at radius 1 is 1.16 bits per heavy atom. The van der Waals surface area contributed by atoms with E-state index in [0.29, 0.717) is 24.3 Å². The highest BCUT2D eigenvalue weighted by Crippen LogP contribution is 2.42. The van der Waals surface area contributed by atoms with Gasteiger partial charge in [-0.2, -0.15) is 0 Å². The fourth-order valence-corrected chi connectivity index (χ4v) is 4.07. The number of amides is 1. The maximum absolute atomic E-state index is 15.4. The van der Waals surface area contributed by atoms with E-state index in [1.54, 1.807) is 0 Å². The van der Waals surface area contributed by atoms with E-state index in [2.05, 4.69) is 9.97 Å². The first kappa shape index (κ1) is 22.1. The number of phenols is 1. The molecule has 4 rings (SSSR count). The summed E-state index contributed by atoms with van der Waals surface area (Å²) >= 11 is 6.32. The Morgan fingerprint density at radius 2 is 1.88 bits per heavy atom. The number of nitrogens with zero attached hydrogens (tertiary/aromatic N) is 4. The van der Waals surface area contributed by atoms with Crippen LogP contribution in [-0.2, 0) is 4.79 Å². The van der Waals surface area contributed by atoms with E-state index in [1.165, 1.54) is 29.4 Å². The summed E-state index contributed by atoms with van der Waals surface area (Å²) in [5.41, 5.74) is -0.745. The van der Waals surface area contributed by atoms with Crippen LogP contribution in [0.15, 0.2) is 30.6 Å². The average Bonchev–Trinajstić information content (AvgIpc) is 2.79. The Bertz CT molecular complexity index is 1170. The highest BCUT2D eigenvalue weighted by atomic mass is 35.5. The minimum absolute atomic E-state index is 0.0914. The molecule has 3 aromatic rings. The molecule has 0 aliphatic carbocycles. The van der Waals surface area contributed by atoms with Gasteiger partial charge in [0.05, 0.1) is 17.2 Å².